The van der Waals surface area contributed by atoms with Crippen molar-refractivity contribution in [2.24, 2.45) is 5.92 Å². The van der Waals surface area contributed by atoms with Gasteiger partial charge < -0.3 is 5.32 Å². The van der Waals surface area contributed by atoms with Gasteiger partial charge in [0.2, 0.25) is 0 Å². The van der Waals surface area contributed by atoms with Gasteiger partial charge in [-0.3, -0.25) is 14.0 Å². The first kappa shape index (κ1) is 23.0. The fourth-order valence-corrected chi connectivity index (χ4v) is 4.74. The molecule has 1 fully saturated rings. The number of benzene rings is 1. The minimum atomic E-state index is -0.0226. The number of ketones is 1. The number of rotatable bonds is 7. The summed E-state index contributed by atoms with van der Waals surface area (Å²) in [6.45, 7) is 6.37. The Kier molecular flexibility index (Phi) is 5.75. The maximum Gasteiger partial charge on any atom is 0.161 e. The molecule has 9 heteroatoms. The zero-order valence-corrected chi connectivity index (χ0v) is 21.1. The number of hydrogen-bond acceptors (Lipinski definition) is 7. The normalized spacial score (nSPS) is 13.6. The molecule has 1 aliphatic rings. The lowest BCUT2D eigenvalue weighted by Gasteiger charge is -2.24. The molecule has 0 spiro atoms. The number of aromatic nitrogens is 7. The molecule has 0 aliphatic heterocycles. The molecule has 0 atom stereocenters. The molecule has 5 aromatic rings. The van der Waals surface area contributed by atoms with Crippen molar-refractivity contribution >= 4 is 28.3 Å². The van der Waals surface area contributed by atoms with Crippen molar-refractivity contribution in [3.05, 3.63) is 71.9 Å². The molecule has 0 bridgehead atoms. The van der Waals surface area contributed by atoms with E-state index >= 15 is 0 Å². The summed E-state index contributed by atoms with van der Waals surface area (Å²) < 4.78 is 3.94. The van der Waals surface area contributed by atoms with Crippen LogP contribution in [-0.2, 0) is 6.54 Å². The van der Waals surface area contributed by atoms with Crippen molar-refractivity contribution < 1.29 is 4.79 Å². The highest BCUT2D eigenvalue weighted by Crippen LogP contribution is 2.31. The predicted molar refractivity (Wildman–Crippen MR) is 142 cm³/mol. The van der Waals surface area contributed by atoms with Gasteiger partial charge in [0.1, 0.15) is 12.1 Å². The molecule has 1 saturated carbocycles. The number of hydrogen-bond donors (Lipinski definition) is 1. The lowest BCUT2D eigenvalue weighted by molar-refractivity contribution is 0.101. The molecular weight excluding hydrogens is 464 g/mol. The predicted octanol–water partition coefficient (Wildman–Crippen LogP) is 5.44. The highest BCUT2D eigenvalue weighted by atomic mass is 16.1. The number of anilines is 2. The summed E-state index contributed by atoms with van der Waals surface area (Å²) in [6.07, 6.45) is 7.59. The summed E-state index contributed by atoms with van der Waals surface area (Å²) in [5.41, 5.74) is 6.46. The second-order valence-electron chi connectivity index (χ2n) is 9.77. The van der Waals surface area contributed by atoms with Crippen LogP contribution in [0.25, 0.3) is 28.1 Å². The zero-order valence-electron chi connectivity index (χ0n) is 21.1. The summed E-state index contributed by atoms with van der Waals surface area (Å²) in [6, 6.07) is 13.5. The smallest absolute Gasteiger partial charge is 0.161 e. The average molecular weight is 493 g/mol. The summed E-state index contributed by atoms with van der Waals surface area (Å²) in [4.78, 5) is 22.1. The first-order valence-corrected chi connectivity index (χ1v) is 12.6. The van der Waals surface area contributed by atoms with Gasteiger partial charge in [-0.25, -0.2) is 9.97 Å². The zero-order chi connectivity index (χ0) is 25.5. The van der Waals surface area contributed by atoms with Crippen LogP contribution in [0, 0.1) is 19.8 Å². The van der Waals surface area contributed by atoms with Crippen LogP contribution >= 0.6 is 0 Å². The highest BCUT2D eigenvalue weighted by Gasteiger charge is 2.21. The number of nitrogens with one attached hydrogen (secondary N) is 1. The molecule has 4 heterocycles. The van der Waals surface area contributed by atoms with Crippen molar-refractivity contribution in [3.8, 4) is 17.1 Å². The van der Waals surface area contributed by atoms with Gasteiger partial charge in [-0.1, -0.05) is 6.42 Å². The minimum absolute atomic E-state index is 0.0226. The van der Waals surface area contributed by atoms with Gasteiger partial charge in [0, 0.05) is 29.6 Å². The Bertz CT molecular complexity index is 1610. The number of carbonyl (C=O) groups is 1. The van der Waals surface area contributed by atoms with Crippen LogP contribution in [0.3, 0.4) is 0 Å². The quantitative estimate of drug-likeness (QED) is 0.302. The Labute approximate surface area is 214 Å². The van der Waals surface area contributed by atoms with Crippen LogP contribution in [0.5, 0.6) is 0 Å². The van der Waals surface area contributed by atoms with Crippen molar-refractivity contribution in [3.63, 3.8) is 0 Å². The van der Waals surface area contributed by atoms with Crippen molar-refractivity contribution in [1.29, 1.82) is 0 Å². The van der Waals surface area contributed by atoms with E-state index in [9.17, 15) is 4.79 Å². The maximum atomic E-state index is 12.5. The molecule has 9 nitrogen and oxygen atoms in total. The average Bonchev–Trinajstić information content (AvgIpc) is 3.45. The van der Waals surface area contributed by atoms with E-state index in [1.807, 2.05) is 71.8 Å². The molecule has 0 unspecified atom stereocenters. The van der Waals surface area contributed by atoms with Crippen LogP contribution in [-0.4, -0.2) is 40.3 Å². The molecule has 0 saturated heterocycles. The number of nitrogens with zero attached hydrogens (tertiary/aromatic N) is 7. The van der Waals surface area contributed by atoms with Crippen molar-refractivity contribution in [1.82, 2.24) is 34.5 Å². The van der Waals surface area contributed by atoms with Crippen LogP contribution in [0.1, 0.15) is 47.9 Å². The Hall–Kier alpha value is -4.40. The molecule has 186 valence electrons. The van der Waals surface area contributed by atoms with Crippen molar-refractivity contribution in [2.45, 2.75) is 46.6 Å². The molecule has 1 aromatic carbocycles. The Morgan fingerprint density at radius 3 is 2.68 bits per heavy atom. The molecule has 4 aromatic heterocycles. The largest absolute Gasteiger partial charge is 0.339 e. The first-order chi connectivity index (χ1) is 17.9. The highest BCUT2D eigenvalue weighted by molar-refractivity contribution is 6.00. The van der Waals surface area contributed by atoms with E-state index in [1.54, 1.807) is 13.3 Å². The Morgan fingerprint density at radius 2 is 1.95 bits per heavy atom. The monoisotopic (exact) mass is 492 g/mol. The maximum absolute atomic E-state index is 12.5. The SMILES string of the molecule is CC(=O)c1ccc(-n2cnc3cc(Nc4ccc(C)nn4)ccc32)nc1-c1cn(CC2CCC2)nc1C. The van der Waals surface area contributed by atoms with Gasteiger partial charge >= 0.3 is 0 Å². The topological polar surface area (TPSA) is 103 Å². The van der Waals surface area contributed by atoms with Crippen LogP contribution in [0.2, 0.25) is 0 Å². The van der Waals surface area contributed by atoms with E-state index in [0.717, 1.165) is 40.2 Å². The Morgan fingerprint density at radius 1 is 1.08 bits per heavy atom. The van der Waals surface area contributed by atoms with E-state index < -0.39 is 0 Å². The van der Waals surface area contributed by atoms with E-state index in [1.165, 1.54) is 19.3 Å². The lowest BCUT2D eigenvalue weighted by atomic mass is 9.85. The van der Waals surface area contributed by atoms with Gasteiger partial charge in [-0.05, 0) is 82.0 Å². The van der Waals surface area contributed by atoms with Gasteiger partial charge in [-0.2, -0.15) is 10.2 Å². The number of aryl methyl sites for hydroxylation is 2. The molecule has 0 amide bonds. The molecule has 37 heavy (non-hydrogen) atoms. The Balaban J connectivity index is 1.35. The van der Waals surface area contributed by atoms with Gasteiger partial charge in [0.15, 0.2) is 11.6 Å². The fraction of sp³-hybridized carbons (Fsp3) is 0.286. The summed E-state index contributed by atoms with van der Waals surface area (Å²) >= 11 is 0. The summed E-state index contributed by atoms with van der Waals surface area (Å²) in [7, 11) is 0. The standard InChI is InChI=1S/C28H28N8O/c1-17-7-11-26(33-32-17)30-21-8-10-25-24(13-21)29-16-36(25)27-12-9-22(19(3)37)28(31-27)23-15-35(34-18(23)2)14-20-5-4-6-20/h7-13,15-16,20H,4-6,14H2,1-3H3,(H,30,33). The molecule has 6 rings (SSSR count). The number of pyridine rings is 1. The molecule has 0 radical (unpaired) electrons. The van der Waals surface area contributed by atoms with E-state index in [2.05, 4.69) is 20.5 Å². The number of carbonyl (C=O) groups excluding carboxylic acids is 1. The third kappa shape index (κ3) is 4.48. The minimum Gasteiger partial charge on any atom is -0.339 e. The number of fused-ring (bicyclic) bond motifs is 1. The van der Waals surface area contributed by atoms with E-state index in [0.29, 0.717) is 28.8 Å². The molecule has 1 aliphatic carbocycles. The first-order valence-electron chi connectivity index (χ1n) is 12.6. The van der Waals surface area contributed by atoms with Crippen molar-refractivity contribution in [2.75, 3.05) is 5.32 Å². The molecular formula is C28H28N8O. The van der Waals surface area contributed by atoms with Crippen LogP contribution in [0.15, 0.2) is 55.0 Å². The fourth-order valence-electron chi connectivity index (χ4n) is 4.74. The number of Topliss-reactive ketones (excluding diaryl/α,β-unsaturated/α-hetero) is 1. The molecule has 1 N–H and O–H groups in total. The van der Waals surface area contributed by atoms with E-state index in [-0.39, 0.29) is 5.78 Å². The van der Waals surface area contributed by atoms with Gasteiger partial charge in [0.05, 0.1) is 28.1 Å². The second kappa shape index (κ2) is 9.24. The van der Waals surface area contributed by atoms with Gasteiger partial charge in [-0.15, -0.1) is 5.10 Å². The lowest BCUT2D eigenvalue weighted by Crippen LogP contribution is -2.18. The third-order valence-corrected chi connectivity index (χ3v) is 7.00. The van der Waals surface area contributed by atoms with Crippen LogP contribution < -0.4 is 5.32 Å². The number of imidazole rings is 1. The second-order valence-corrected chi connectivity index (χ2v) is 9.77. The summed E-state index contributed by atoms with van der Waals surface area (Å²) in [5.74, 6) is 2.03. The van der Waals surface area contributed by atoms with Gasteiger partial charge in [0.25, 0.3) is 0 Å². The van der Waals surface area contributed by atoms with E-state index in [4.69, 9.17) is 10.1 Å². The third-order valence-electron chi connectivity index (χ3n) is 7.00. The van der Waals surface area contributed by atoms with Crippen LogP contribution in [0.4, 0.5) is 11.5 Å². The summed E-state index contributed by atoms with van der Waals surface area (Å²) in [5, 5.41) is 16.3.